The molecule has 5 nitrogen and oxygen atoms in total. The molecule has 140 valence electrons. The van der Waals surface area contributed by atoms with Crippen LogP contribution in [0.1, 0.15) is 17.5 Å². The van der Waals surface area contributed by atoms with Gasteiger partial charge in [0, 0.05) is 57.3 Å². The Hall–Kier alpha value is -1.66. The summed E-state index contributed by atoms with van der Waals surface area (Å²) in [6.07, 6.45) is 2.80. The predicted octanol–water partition coefficient (Wildman–Crippen LogP) is 2.99. The Labute approximate surface area is 156 Å². The maximum absolute atomic E-state index is 5.92. The number of benzene rings is 1. The van der Waals surface area contributed by atoms with E-state index in [1.54, 1.807) is 14.2 Å². The molecule has 0 aliphatic heterocycles. The molecule has 1 rings (SSSR count). The summed E-state index contributed by atoms with van der Waals surface area (Å²) in [6, 6.07) is 6.27. The van der Waals surface area contributed by atoms with Crippen LogP contribution >= 0.6 is 11.8 Å². The lowest BCUT2D eigenvalue weighted by molar-refractivity contribution is 0.172. The van der Waals surface area contributed by atoms with Crippen molar-refractivity contribution in [3.05, 3.63) is 42.0 Å². The minimum Gasteiger partial charge on any atom is -0.493 e. The molecule has 0 saturated heterocycles. The van der Waals surface area contributed by atoms with Gasteiger partial charge in [-0.2, -0.15) is 11.8 Å². The average Bonchev–Trinajstić information content (AvgIpc) is 2.62. The third kappa shape index (κ3) is 9.41. The summed E-state index contributed by atoms with van der Waals surface area (Å²) in [6.45, 7) is 8.68. The molecule has 6 heteroatoms. The lowest BCUT2D eigenvalue weighted by atomic mass is 10.1. The van der Waals surface area contributed by atoms with E-state index in [1.165, 1.54) is 5.56 Å². The van der Waals surface area contributed by atoms with Crippen LogP contribution in [-0.4, -0.2) is 51.4 Å². The molecule has 0 spiro atoms. The Morgan fingerprint density at radius 1 is 1.32 bits per heavy atom. The highest BCUT2D eigenvalue weighted by atomic mass is 32.2. The number of ether oxygens (including phenoxy) is 2. The van der Waals surface area contributed by atoms with Crippen molar-refractivity contribution in [3.63, 3.8) is 0 Å². The van der Waals surface area contributed by atoms with Crippen LogP contribution in [0.15, 0.2) is 35.8 Å². The monoisotopic (exact) mass is 365 g/mol. The third-order valence-electron chi connectivity index (χ3n) is 3.42. The van der Waals surface area contributed by atoms with Crippen LogP contribution in [0.4, 0.5) is 0 Å². The number of hydrogen-bond donors (Lipinski definition) is 2. The molecule has 0 bridgehead atoms. The molecule has 0 radical (unpaired) electrons. The zero-order valence-corrected chi connectivity index (χ0v) is 16.5. The van der Waals surface area contributed by atoms with Crippen molar-refractivity contribution in [3.8, 4) is 5.75 Å². The number of nitrogens with one attached hydrogen (secondary N) is 2. The first-order valence-corrected chi connectivity index (χ1v) is 9.71. The number of methoxy groups -OCH3 is 1. The second kappa shape index (κ2) is 13.6. The predicted molar refractivity (Wildman–Crippen MR) is 109 cm³/mol. The Bertz CT molecular complexity index is 535. The van der Waals surface area contributed by atoms with Crippen LogP contribution in [0.25, 0.3) is 0 Å². The average molecular weight is 366 g/mol. The second-order valence-electron chi connectivity index (χ2n) is 5.52. The third-order valence-corrected chi connectivity index (χ3v) is 4.38. The molecule has 0 saturated carbocycles. The van der Waals surface area contributed by atoms with Gasteiger partial charge in [0.25, 0.3) is 0 Å². The Morgan fingerprint density at radius 2 is 2.16 bits per heavy atom. The van der Waals surface area contributed by atoms with Crippen LogP contribution in [0.3, 0.4) is 0 Å². The highest BCUT2D eigenvalue weighted by molar-refractivity contribution is 7.99. The summed E-state index contributed by atoms with van der Waals surface area (Å²) in [4.78, 5) is 4.26. The van der Waals surface area contributed by atoms with Crippen molar-refractivity contribution in [2.24, 2.45) is 4.99 Å². The minimum atomic E-state index is 0.651. The molecule has 0 heterocycles. The molecule has 1 aromatic carbocycles. The summed E-state index contributed by atoms with van der Waals surface area (Å²) < 4.78 is 11.0. The van der Waals surface area contributed by atoms with Gasteiger partial charge in [-0.3, -0.25) is 4.99 Å². The molecule has 0 fully saturated rings. The zero-order valence-electron chi connectivity index (χ0n) is 15.6. The first kappa shape index (κ1) is 21.4. The van der Waals surface area contributed by atoms with Crippen molar-refractivity contribution in [2.45, 2.75) is 19.9 Å². The molecule has 0 unspecified atom stereocenters. The van der Waals surface area contributed by atoms with Crippen LogP contribution < -0.4 is 15.4 Å². The Balaban J connectivity index is 2.49. The number of thioether (sulfide) groups is 1. The number of nitrogens with zero attached hydrogens (tertiary/aromatic N) is 1. The fraction of sp³-hybridized carbons (Fsp3) is 0.526. The van der Waals surface area contributed by atoms with Gasteiger partial charge in [0.15, 0.2) is 5.96 Å². The maximum atomic E-state index is 5.92. The van der Waals surface area contributed by atoms with Crippen molar-refractivity contribution in [1.82, 2.24) is 10.6 Å². The molecule has 2 N–H and O–H groups in total. The van der Waals surface area contributed by atoms with Gasteiger partial charge in [-0.15, -0.1) is 6.58 Å². The van der Waals surface area contributed by atoms with Crippen LogP contribution in [-0.2, 0) is 11.3 Å². The summed E-state index contributed by atoms with van der Waals surface area (Å²) in [7, 11) is 3.49. The van der Waals surface area contributed by atoms with Crippen molar-refractivity contribution in [2.75, 3.05) is 45.4 Å². The van der Waals surface area contributed by atoms with Gasteiger partial charge < -0.3 is 20.1 Å². The van der Waals surface area contributed by atoms with Gasteiger partial charge >= 0.3 is 0 Å². The summed E-state index contributed by atoms with van der Waals surface area (Å²) in [5, 5.41) is 6.66. The first-order chi connectivity index (χ1) is 12.2. The number of aryl methyl sites for hydroxylation is 1. The van der Waals surface area contributed by atoms with Gasteiger partial charge in [0.05, 0.1) is 6.61 Å². The van der Waals surface area contributed by atoms with E-state index >= 15 is 0 Å². The van der Waals surface area contributed by atoms with E-state index < -0.39 is 0 Å². The maximum Gasteiger partial charge on any atom is 0.191 e. The van der Waals surface area contributed by atoms with Gasteiger partial charge in [-0.1, -0.05) is 18.2 Å². The van der Waals surface area contributed by atoms with E-state index in [4.69, 9.17) is 9.47 Å². The first-order valence-electron chi connectivity index (χ1n) is 8.55. The van der Waals surface area contributed by atoms with Gasteiger partial charge in [-0.05, 0) is 18.6 Å². The van der Waals surface area contributed by atoms with E-state index in [1.807, 2.05) is 17.8 Å². The molecular weight excluding hydrogens is 334 g/mol. The van der Waals surface area contributed by atoms with Crippen LogP contribution in [0.5, 0.6) is 5.75 Å². The second-order valence-corrected chi connectivity index (χ2v) is 6.67. The van der Waals surface area contributed by atoms with Crippen LogP contribution in [0, 0.1) is 6.92 Å². The van der Waals surface area contributed by atoms with E-state index in [9.17, 15) is 0 Å². The van der Waals surface area contributed by atoms with E-state index in [0.29, 0.717) is 19.8 Å². The van der Waals surface area contributed by atoms with E-state index in [0.717, 1.165) is 41.7 Å². The molecule has 25 heavy (non-hydrogen) atoms. The molecule has 0 aliphatic carbocycles. The molecule has 0 aliphatic rings. The van der Waals surface area contributed by atoms with Crippen molar-refractivity contribution in [1.29, 1.82) is 0 Å². The summed E-state index contributed by atoms with van der Waals surface area (Å²) in [5.41, 5.74) is 2.30. The Morgan fingerprint density at radius 3 is 2.88 bits per heavy atom. The standard InChI is InChI=1S/C19H31N3O2S/c1-5-12-25-13-9-21-19(20-3)22-15-17-8-7-16(2)14-18(17)24-11-6-10-23-4/h5,7-8,14H,1,6,9-13,15H2,2-4H3,(H2,20,21,22). The number of hydrogen-bond acceptors (Lipinski definition) is 4. The smallest absolute Gasteiger partial charge is 0.191 e. The number of rotatable bonds is 12. The number of guanidine groups is 1. The SMILES string of the molecule is C=CCSCCNC(=NC)NCc1ccc(C)cc1OCCCOC. The normalized spacial score (nSPS) is 11.2. The fourth-order valence-corrected chi connectivity index (χ4v) is 2.72. The lowest BCUT2D eigenvalue weighted by Gasteiger charge is -2.15. The molecule has 1 aromatic rings. The van der Waals surface area contributed by atoms with Gasteiger partial charge in [0.2, 0.25) is 0 Å². The highest BCUT2D eigenvalue weighted by Crippen LogP contribution is 2.20. The van der Waals surface area contributed by atoms with Crippen LogP contribution in [0.2, 0.25) is 0 Å². The van der Waals surface area contributed by atoms with Gasteiger partial charge in [-0.25, -0.2) is 0 Å². The zero-order chi connectivity index (χ0) is 18.3. The molecule has 0 aromatic heterocycles. The summed E-state index contributed by atoms with van der Waals surface area (Å²) >= 11 is 1.84. The Kier molecular flexibility index (Phi) is 11.6. The van der Waals surface area contributed by atoms with Gasteiger partial charge in [0.1, 0.15) is 5.75 Å². The van der Waals surface area contributed by atoms with Crippen molar-refractivity contribution >= 4 is 17.7 Å². The largest absolute Gasteiger partial charge is 0.493 e. The van der Waals surface area contributed by atoms with E-state index in [-0.39, 0.29) is 0 Å². The number of aliphatic imine (C=N–C) groups is 1. The fourth-order valence-electron chi connectivity index (χ4n) is 2.14. The molecule has 0 atom stereocenters. The van der Waals surface area contributed by atoms with Crippen molar-refractivity contribution < 1.29 is 9.47 Å². The molecule has 0 amide bonds. The lowest BCUT2D eigenvalue weighted by Crippen LogP contribution is -2.38. The summed E-state index contributed by atoms with van der Waals surface area (Å²) in [5.74, 6) is 3.71. The topological polar surface area (TPSA) is 54.9 Å². The molecular formula is C19H31N3O2S. The minimum absolute atomic E-state index is 0.651. The quantitative estimate of drug-likeness (QED) is 0.258. The van der Waals surface area contributed by atoms with E-state index in [2.05, 4.69) is 47.3 Å². The highest BCUT2D eigenvalue weighted by Gasteiger charge is 2.06.